The first kappa shape index (κ1) is 26.9. The van der Waals surface area contributed by atoms with Crippen LogP contribution in [0, 0.1) is 0 Å². The van der Waals surface area contributed by atoms with Crippen molar-refractivity contribution >= 4 is 35.7 Å². The highest BCUT2D eigenvalue weighted by Gasteiger charge is 2.20. The minimum Gasteiger partial charge on any atom is -0.402 e. The summed E-state index contributed by atoms with van der Waals surface area (Å²) in [5.41, 5.74) is 13.4. The summed E-state index contributed by atoms with van der Waals surface area (Å²) in [6.45, 7) is 5.42. The Labute approximate surface area is 198 Å². The summed E-state index contributed by atoms with van der Waals surface area (Å²) >= 11 is 6.49. The van der Waals surface area contributed by atoms with E-state index in [1.54, 1.807) is 13.0 Å². The number of rotatable bonds is 5. The summed E-state index contributed by atoms with van der Waals surface area (Å²) in [7, 11) is 0. The number of nitrogens with one attached hydrogen (secondary N) is 1. The molecule has 2 saturated heterocycles. The van der Waals surface area contributed by atoms with E-state index in [1.165, 1.54) is 31.5 Å². The third kappa shape index (κ3) is 9.99. The fraction of sp³-hybridized carbons (Fsp3) is 0.500. The number of nitrogens with two attached hydrogens (primary N) is 2. The van der Waals surface area contributed by atoms with E-state index in [0.29, 0.717) is 27.9 Å². The second-order valence-electron chi connectivity index (χ2n) is 7.77. The number of hydrogen-bond donors (Lipinski definition) is 6. The molecule has 0 atom stereocenters. The lowest BCUT2D eigenvalue weighted by molar-refractivity contribution is -0.304. The smallest absolute Gasteiger partial charge is 0.389 e. The van der Waals surface area contributed by atoms with Gasteiger partial charge in [-0.2, -0.15) is 4.99 Å². The van der Waals surface area contributed by atoms with Gasteiger partial charge in [-0.1, -0.05) is 11.6 Å². The number of piperidine rings is 1. The molecule has 0 aromatic heterocycles. The number of allylic oxidation sites excluding steroid dienone is 1. The molecule has 1 aromatic carbocycles. The van der Waals surface area contributed by atoms with Gasteiger partial charge in [-0.15, -0.1) is 0 Å². The van der Waals surface area contributed by atoms with Crippen LogP contribution in [0.3, 0.4) is 0 Å². The molecule has 0 amide bonds. The van der Waals surface area contributed by atoms with Gasteiger partial charge in [0.25, 0.3) is 0 Å². The summed E-state index contributed by atoms with van der Waals surface area (Å²) in [6, 6.07) is 3.59. The number of aliphatic imine (C=N–C) groups is 3. The van der Waals surface area contributed by atoms with Crippen molar-refractivity contribution in [2.45, 2.75) is 44.6 Å². The van der Waals surface area contributed by atoms with Gasteiger partial charge in [-0.3, -0.25) is 0 Å². The van der Waals surface area contributed by atoms with E-state index in [4.69, 9.17) is 43.1 Å². The first-order valence-corrected chi connectivity index (χ1v) is 11.2. The Bertz CT molecular complexity index is 874. The van der Waals surface area contributed by atoms with Crippen LogP contribution in [-0.4, -0.2) is 66.1 Å². The summed E-state index contributed by atoms with van der Waals surface area (Å²) in [5, 5.41) is 31.1. The van der Waals surface area contributed by atoms with Crippen LogP contribution >= 0.6 is 11.6 Å². The van der Waals surface area contributed by atoms with Crippen molar-refractivity contribution in [1.29, 1.82) is 0 Å². The quantitative estimate of drug-likeness (QED) is 0.210. The van der Waals surface area contributed by atoms with E-state index < -0.39 is 6.10 Å². The average molecular weight is 481 g/mol. The fourth-order valence-corrected chi connectivity index (χ4v) is 3.76. The Morgan fingerprint density at radius 3 is 2.39 bits per heavy atom. The molecule has 10 nitrogen and oxygen atoms in total. The normalized spacial score (nSPS) is 18.7. The van der Waals surface area contributed by atoms with Crippen molar-refractivity contribution in [3.05, 3.63) is 40.1 Å². The van der Waals surface area contributed by atoms with Crippen molar-refractivity contribution in [2.24, 2.45) is 26.4 Å². The van der Waals surface area contributed by atoms with Gasteiger partial charge >= 0.3 is 6.10 Å². The molecule has 2 fully saturated rings. The van der Waals surface area contributed by atoms with E-state index in [9.17, 15) is 0 Å². The molecule has 8 N–H and O–H groups in total. The van der Waals surface area contributed by atoms with Crippen LogP contribution in [0.4, 0.5) is 5.69 Å². The molecule has 2 heterocycles. The van der Waals surface area contributed by atoms with Crippen molar-refractivity contribution in [1.82, 2.24) is 5.32 Å². The molecule has 0 radical (unpaired) electrons. The van der Waals surface area contributed by atoms with Crippen molar-refractivity contribution in [3.8, 4) is 0 Å². The van der Waals surface area contributed by atoms with Crippen molar-refractivity contribution < 1.29 is 20.1 Å². The highest BCUT2D eigenvalue weighted by molar-refractivity contribution is 6.32. The SMILES string of the molecule is C/C(N)=C/C(N=Cc1cc(Cl)c(C2CCNCC2)cc1N=CN)=N/C(O)(O)O.C1CCOC1. The first-order chi connectivity index (χ1) is 15.7. The minimum absolute atomic E-state index is 0.200. The molecule has 0 spiro atoms. The third-order valence-electron chi connectivity index (χ3n) is 4.92. The van der Waals surface area contributed by atoms with Gasteiger partial charge < -0.3 is 36.8 Å². The third-order valence-corrected chi connectivity index (χ3v) is 5.25. The zero-order valence-electron chi connectivity index (χ0n) is 18.7. The molecule has 2 aliphatic rings. The zero-order chi connectivity index (χ0) is 24.3. The Morgan fingerprint density at radius 1 is 1.21 bits per heavy atom. The predicted molar refractivity (Wildman–Crippen MR) is 131 cm³/mol. The van der Waals surface area contributed by atoms with Gasteiger partial charge in [-0.05, 0) is 69.3 Å². The summed E-state index contributed by atoms with van der Waals surface area (Å²) in [5.74, 6) is 0.124. The van der Waals surface area contributed by atoms with E-state index in [1.807, 2.05) is 6.07 Å². The first-order valence-electron chi connectivity index (χ1n) is 10.8. The number of hydrogen-bond acceptors (Lipinski definition) is 8. The number of amidine groups is 1. The fourth-order valence-electron chi connectivity index (χ4n) is 3.44. The maximum Gasteiger partial charge on any atom is 0.389 e. The van der Waals surface area contributed by atoms with Gasteiger partial charge in [0.1, 0.15) is 0 Å². The second-order valence-corrected chi connectivity index (χ2v) is 8.18. The summed E-state index contributed by atoms with van der Waals surface area (Å²) in [6.07, 6.45) is 5.05. The van der Waals surface area contributed by atoms with Crippen LogP contribution in [0.2, 0.25) is 5.02 Å². The van der Waals surface area contributed by atoms with Crippen LogP contribution in [0.25, 0.3) is 0 Å². The zero-order valence-corrected chi connectivity index (χ0v) is 19.5. The number of ether oxygens (including phenoxy) is 1. The number of halogens is 1. The lowest BCUT2D eigenvalue weighted by Crippen LogP contribution is -2.26. The number of nitrogens with zero attached hydrogens (tertiary/aromatic N) is 3. The van der Waals surface area contributed by atoms with Crippen molar-refractivity contribution in [3.63, 3.8) is 0 Å². The monoisotopic (exact) mass is 480 g/mol. The number of benzene rings is 1. The molecule has 11 heteroatoms. The Morgan fingerprint density at radius 2 is 1.88 bits per heavy atom. The average Bonchev–Trinajstić information content (AvgIpc) is 3.33. The topological polar surface area (TPSA) is 171 Å². The summed E-state index contributed by atoms with van der Waals surface area (Å²) in [4.78, 5) is 11.5. The highest BCUT2D eigenvalue weighted by Crippen LogP contribution is 2.35. The number of aliphatic hydroxyl groups is 3. The molecule has 2 aliphatic heterocycles. The largest absolute Gasteiger partial charge is 0.402 e. The van der Waals surface area contributed by atoms with E-state index in [0.717, 1.165) is 44.7 Å². The molecule has 182 valence electrons. The van der Waals surface area contributed by atoms with E-state index >= 15 is 0 Å². The Hall–Kier alpha value is -2.34. The lowest BCUT2D eigenvalue weighted by Gasteiger charge is -2.24. The molecule has 1 aromatic rings. The molecule has 3 rings (SSSR count). The molecule has 0 aliphatic carbocycles. The molecule has 0 saturated carbocycles. The maximum absolute atomic E-state index is 9.08. The van der Waals surface area contributed by atoms with E-state index in [-0.39, 0.29) is 5.84 Å². The van der Waals surface area contributed by atoms with Crippen LogP contribution in [0.5, 0.6) is 0 Å². The van der Waals surface area contributed by atoms with Gasteiger partial charge in [0.05, 0.1) is 12.0 Å². The predicted octanol–water partition coefficient (Wildman–Crippen LogP) is 1.49. The second kappa shape index (κ2) is 13.4. The Balaban J connectivity index is 0.000000678. The maximum atomic E-state index is 9.08. The van der Waals surface area contributed by atoms with Gasteiger partial charge in [0.2, 0.25) is 0 Å². The van der Waals surface area contributed by atoms with Crippen LogP contribution in [-0.2, 0) is 4.74 Å². The van der Waals surface area contributed by atoms with Crippen molar-refractivity contribution in [2.75, 3.05) is 26.3 Å². The van der Waals surface area contributed by atoms with Gasteiger partial charge in [0.15, 0.2) is 5.84 Å². The van der Waals surface area contributed by atoms with E-state index in [2.05, 4.69) is 20.3 Å². The standard InChI is InChI=1S/C18H25ClN6O3.C4H8O/c1-11(21)6-17(25-18(26,27)28)23-9-13-7-15(19)14(8-16(13)24-10-20)12-2-4-22-5-3-12;1-2-4-5-3-1/h6-10,12,22,26-28H,2-5,21H2,1H3,(H2,20,24);1-4H2/b11-6-,23-9?,25-17-;. The van der Waals surface area contributed by atoms with Crippen LogP contribution in [0.15, 0.2) is 38.9 Å². The van der Waals surface area contributed by atoms with Gasteiger partial charge in [0, 0.05) is 41.8 Å². The molecular formula is C22H33ClN6O4. The molecule has 0 unspecified atom stereocenters. The van der Waals surface area contributed by atoms with Crippen LogP contribution in [0.1, 0.15) is 49.7 Å². The van der Waals surface area contributed by atoms with Gasteiger partial charge in [-0.25, -0.2) is 9.98 Å². The highest BCUT2D eigenvalue weighted by atomic mass is 35.5. The lowest BCUT2D eigenvalue weighted by atomic mass is 9.89. The minimum atomic E-state index is -3.27. The molecular weight excluding hydrogens is 448 g/mol. The summed E-state index contributed by atoms with van der Waals surface area (Å²) < 4.78 is 4.94. The van der Waals surface area contributed by atoms with Crippen LogP contribution < -0.4 is 16.8 Å². The molecule has 33 heavy (non-hydrogen) atoms. The molecule has 0 bridgehead atoms. The Kier molecular flexibility index (Phi) is 10.9.